The molecule has 1 heterocycles. The van der Waals surface area contributed by atoms with Gasteiger partial charge in [0, 0.05) is 12.3 Å². The Morgan fingerprint density at radius 3 is 2.52 bits per heavy atom. The zero-order chi connectivity index (χ0) is 22.4. The number of alkyl halides is 2. The molecule has 1 amide bonds. The Morgan fingerprint density at radius 2 is 1.87 bits per heavy atom. The van der Waals surface area contributed by atoms with Crippen molar-refractivity contribution in [3.8, 4) is 11.5 Å². The molecule has 3 rings (SSSR count). The second-order valence-corrected chi connectivity index (χ2v) is 6.97. The fourth-order valence-corrected chi connectivity index (χ4v) is 3.55. The fraction of sp³-hybridized carbons (Fsp3) is 0.190. The van der Waals surface area contributed by atoms with Crippen molar-refractivity contribution in [2.45, 2.75) is 20.1 Å². The van der Waals surface area contributed by atoms with Crippen LogP contribution >= 0.6 is 11.3 Å². The summed E-state index contributed by atoms with van der Waals surface area (Å²) in [5.74, 6) is -1.11. The first-order valence-electron chi connectivity index (χ1n) is 8.99. The van der Waals surface area contributed by atoms with Gasteiger partial charge in [0.2, 0.25) is 5.91 Å². The number of rotatable bonds is 8. The van der Waals surface area contributed by atoms with E-state index in [4.69, 9.17) is 9.47 Å². The van der Waals surface area contributed by atoms with Gasteiger partial charge in [-0.05, 0) is 30.3 Å². The number of aromatic nitrogens is 1. The molecule has 0 aliphatic heterocycles. The summed E-state index contributed by atoms with van der Waals surface area (Å²) in [6, 6.07) is 12.8. The van der Waals surface area contributed by atoms with Crippen molar-refractivity contribution in [2.24, 2.45) is 0 Å². The Labute approximate surface area is 180 Å². The van der Waals surface area contributed by atoms with Gasteiger partial charge in [-0.3, -0.25) is 9.69 Å². The Kier molecular flexibility index (Phi) is 7.14. The van der Waals surface area contributed by atoms with Gasteiger partial charge in [0.05, 0.1) is 24.1 Å². The highest BCUT2D eigenvalue weighted by Gasteiger charge is 2.19. The molecule has 10 heteroatoms. The highest BCUT2D eigenvalue weighted by molar-refractivity contribution is 7.14. The van der Waals surface area contributed by atoms with Crippen LogP contribution in [0.5, 0.6) is 11.5 Å². The first kappa shape index (κ1) is 22.2. The SMILES string of the molecule is COc1cc(C(=O)OCc2csc(N(C(C)=O)c3ccccc3)n2)ccc1OC(F)F. The van der Waals surface area contributed by atoms with E-state index in [1.165, 1.54) is 48.5 Å². The van der Waals surface area contributed by atoms with E-state index in [1.807, 2.05) is 18.2 Å². The number of halogens is 2. The molecule has 0 spiro atoms. The molecule has 0 atom stereocenters. The van der Waals surface area contributed by atoms with Crippen LogP contribution in [-0.4, -0.2) is 30.6 Å². The van der Waals surface area contributed by atoms with Crippen molar-refractivity contribution >= 4 is 34.0 Å². The summed E-state index contributed by atoms with van der Waals surface area (Å²) >= 11 is 1.24. The van der Waals surface area contributed by atoms with Gasteiger partial charge in [-0.15, -0.1) is 11.3 Å². The second-order valence-electron chi connectivity index (χ2n) is 6.13. The smallest absolute Gasteiger partial charge is 0.387 e. The van der Waals surface area contributed by atoms with E-state index >= 15 is 0 Å². The summed E-state index contributed by atoms with van der Waals surface area (Å²) in [5.41, 5.74) is 1.23. The Bertz CT molecular complexity index is 1060. The maximum absolute atomic E-state index is 12.4. The van der Waals surface area contributed by atoms with E-state index < -0.39 is 12.6 Å². The van der Waals surface area contributed by atoms with E-state index in [0.29, 0.717) is 16.5 Å². The Morgan fingerprint density at radius 1 is 1.13 bits per heavy atom. The van der Waals surface area contributed by atoms with Crippen LogP contribution in [0.15, 0.2) is 53.9 Å². The number of amides is 1. The van der Waals surface area contributed by atoms with Crippen LogP contribution in [0.4, 0.5) is 19.6 Å². The van der Waals surface area contributed by atoms with Crippen molar-refractivity contribution in [3.63, 3.8) is 0 Å². The number of hydrogen-bond donors (Lipinski definition) is 0. The molecular formula is C21H18F2N2O5S. The number of hydrogen-bond acceptors (Lipinski definition) is 7. The minimum absolute atomic E-state index is 0.0225. The Balaban J connectivity index is 1.69. The summed E-state index contributed by atoms with van der Waals surface area (Å²) in [6.45, 7) is -1.72. The lowest BCUT2D eigenvalue weighted by molar-refractivity contribution is -0.115. The fourth-order valence-electron chi connectivity index (χ4n) is 2.68. The van der Waals surface area contributed by atoms with Gasteiger partial charge in [-0.1, -0.05) is 18.2 Å². The number of benzene rings is 2. The normalized spacial score (nSPS) is 10.6. The number of esters is 1. The molecular weight excluding hydrogens is 430 g/mol. The number of ether oxygens (including phenoxy) is 3. The van der Waals surface area contributed by atoms with Crippen LogP contribution in [0, 0.1) is 0 Å². The zero-order valence-electron chi connectivity index (χ0n) is 16.6. The molecule has 7 nitrogen and oxygen atoms in total. The summed E-state index contributed by atoms with van der Waals surface area (Å²) in [5, 5.41) is 2.13. The largest absolute Gasteiger partial charge is 0.493 e. The first-order chi connectivity index (χ1) is 14.9. The molecule has 0 saturated carbocycles. The molecule has 0 N–H and O–H groups in total. The number of carbonyl (C=O) groups is 2. The quantitative estimate of drug-likeness (QED) is 0.461. The lowest BCUT2D eigenvalue weighted by Crippen LogP contribution is -2.22. The topological polar surface area (TPSA) is 78.0 Å². The Hall–Kier alpha value is -3.53. The third-order valence-corrected chi connectivity index (χ3v) is 4.90. The zero-order valence-corrected chi connectivity index (χ0v) is 17.4. The van der Waals surface area contributed by atoms with Gasteiger partial charge < -0.3 is 14.2 Å². The number of anilines is 2. The predicted octanol–water partition coefficient (Wildman–Crippen LogP) is 4.79. The van der Waals surface area contributed by atoms with Gasteiger partial charge >= 0.3 is 12.6 Å². The van der Waals surface area contributed by atoms with E-state index in [2.05, 4.69) is 9.72 Å². The molecule has 0 unspecified atom stereocenters. The maximum Gasteiger partial charge on any atom is 0.387 e. The van der Waals surface area contributed by atoms with Crippen molar-refractivity contribution in [3.05, 3.63) is 65.2 Å². The molecule has 1 aromatic heterocycles. The first-order valence-corrected chi connectivity index (χ1v) is 9.87. The summed E-state index contributed by atoms with van der Waals surface area (Å²) in [4.78, 5) is 30.3. The number of carbonyl (C=O) groups excluding carboxylic acids is 2. The van der Waals surface area contributed by atoms with Gasteiger partial charge in [0.1, 0.15) is 6.61 Å². The minimum atomic E-state index is -3.02. The molecule has 0 fully saturated rings. The molecule has 0 aliphatic carbocycles. The van der Waals surface area contributed by atoms with E-state index in [9.17, 15) is 18.4 Å². The number of thiazole rings is 1. The molecule has 0 radical (unpaired) electrons. The number of methoxy groups -OCH3 is 1. The average molecular weight is 448 g/mol. The van der Waals surface area contributed by atoms with Gasteiger partial charge in [-0.2, -0.15) is 8.78 Å². The van der Waals surface area contributed by atoms with Gasteiger partial charge in [-0.25, -0.2) is 9.78 Å². The summed E-state index contributed by atoms with van der Waals surface area (Å²) < 4.78 is 39.4. The summed E-state index contributed by atoms with van der Waals surface area (Å²) in [6.07, 6.45) is 0. The highest BCUT2D eigenvalue weighted by atomic mass is 32.1. The number of nitrogens with zero attached hydrogens (tertiary/aromatic N) is 2. The van der Waals surface area contributed by atoms with Crippen LogP contribution in [0.25, 0.3) is 0 Å². The van der Waals surface area contributed by atoms with Crippen molar-refractivity contribution < 1.29 is 32.6 Å². The molecule has 0 saturated heterocycles. The van der Waals surface area contributed by atoms with Crippen LogP contribution in [0.2, 0.25) is 0 Å². The van der Waals surface area contributed by atoms with Crippen molar-refractivity contribution in [2.75, 3.05) is 12.0 Å². The van der Waals surface area contributed by atoms with E-state index in [-0.39, 0.29) is 29.6 Å². The molecule has 3 aromatic rings. The standard InChI is InChI=1S/C21H18F2N2O5S/c1-13(26)25(16-6-4-3-5-7-16)21-24-15(12-31-21)11-29-19(27)14-8-9-17(30-20(22)23)18(10-14)28-2/h3-10,12,20H,11H2,1-2H3. The van der Waals surface area contributed by atoms with Crippen molar-refractivity contribution in [1.29, 1.82) is 0 Å². The lowest BCUT2D eigenvalue weighted by atomic mass is 10.2. The number of para-hydroxylation sites is 1. The second kappa shape index (κ2) is 9.98. The average Bonchev–Trinajstić information content (AvgIpc) is 3.21. The minimum Gasteiger partial charge on any atom is -0.493 e. The van der Waals surface area contributed by atoms with Gasteiger partial charge in [0.25, 0.3) is 0 Å². The molecule has 2 aromatic carbocycles. The molecule has 162 valence electrons. The van der Waals surface area contributed by atoms with E-state index in [0.717, 1.165) is 0 Å². The van der Waals surface area contributed by atoms with Crippen LogP contribution < -0.4 is 14.4 Å². The third kappa shape index (κ3) is 5.54. The van der Waals surface area contributed by atoms with Crippen LogP contribution in [-0.2, 0) is 16.1 Å². The van der Waals surface area contributed by atoms with Crippen LogP contribution in [0.3, 0.4) is 0 Å². The lowest BCUT2D eigenvalue weighted by Gasteiger charge is -2.17. The third-order valence-electron chi connectivity index (χ3n) is 4.03. The summed E-state index contributed by atoms with van der Waals surface area (Å²) in [7, 11) is 1.27. The molecule has 0 aliphatic rings. The molecule has 31 heavy (non-hydrogen) atoms. The van der Waals surface area contributed by atoms with E-state index in [1.54, 1.807) is 17.5 Å². The van der Waals surface area contributed by atoms with Gasteiger partial charge in [0.15, 0.2) is 16.6 Å². The molecule has 0 bridgehead atoms. The maximum atomic E-state index is 12.4. The van der Waals surface area contributed by atoms with Crippen molar-refractivity contribution in [1.82, 2.24) is 4.98 Å². The highest BCUT2D eigenvalue weighted by Crippen LogP contribution is 2.31. The van der Waals surface area contributed by atoms with Crippen LogP contribution in [0.1, 0.15) is 23.0 Å². The monoisotopic (exact) mass is 448 g/mol. The predicted molar refractivity (Wildman–Crippen MR) is 110 cm³/mol.